The van der Waals surface area contributed by atoms with Crippen LogP contribution in [-0.4, -0.2) is 25.9 Å². The maximum atomic E-state index is 6.07. The topological polar surface area (TPSA) is 27.7 Å². The van der Waals surface area contributed by atoms with Crippen LogP contribution < -0.4 is 4.74 Å². The molecule has 2 unspecified atom stereocenters. The van der Waals surface area contributed by atoms with Gasteiger partial charge in [-0.15, -0.1) is 0 Å². The summed E-state index contributed by atoms with van der Waals surface area (Å²) in [5, 5.41) is 0. The Morgan fingerprint density at radius 2 is 1.78 bits per heavy atom. The molecule has 1 saturated heterocycles. The summed E-state index contributed by atoms with van der Waals surface area (Å²) in [5.41, 5.74) is 1.11. The molecule has 0 N–H and O–H groups in total. The number of benzene rings is 1. The zero-order valence-corrected chi connectivity index (χ0v) is 14.8. The number of rotatable bonds is 10. The van der Waals surface area contributed by atoms with Gasteiger partial charge in [0, 0.05) is 5.56 Å². The third-order valence-corrected chi connectivity index (χ3v) is 4.32. The van der Waals surface area contributed by atoms with Crippen molar-refractivity contribution in [2.75, 3.05) is 19.8 Å². The molecule has 0 aliphatic carbocycles. The van der Waals surface area contributed by atoms with Gasteiger partial charge in [0.15, 0.2) is 0 Å². The molecule has 1 aromatic rings. The molecule has 1 aliphatic heterocycles. The Labute approximate surface area is 141 Å². The largest absolute Gasteiger partial charge is 0.493 e. The van der Waals surface area contributed by atoms with Crippen molar-refractivity contribution in [2.45, 2.75) is 71.0 Å². The van der Waals surface area contributed by atoms with Crippen molar-refractivity contribution >= 4 is 0 Å². The van der Waals surface area contributed by atoms with Crippen LogP contribution >= 0.6 is 0 Å². The highest BCUT2D eigenvalue weighted by atomic mass is 16.6. The molecule has 0 aromatic heterocycles. The standard InChI is InChI=1S/C20H32O3/c1-3-5-6-7-8-11-17-15-23-20(16-22-17)18-12-9-10-13-19(18)21-14-4-2/h9-10,12-13,17,20H,3-8,11,14-16H2,1-2H3. The Hall–Kier alpha value is -1.06. The molecule has 0 saturated carbocycles. The summed E-state index contributed by atoms with van der Waals surface area (Å²) in [5.74, 6) is 0.931. The lowest BCUT2D eigenvalue weighted by atomic mass is 10.1. The first-order valence-corrected chi connectivity index (χ1v) is 9.30. The van der Waals surface area contributed by atoms with Crippen LogP contribution in [0.4, 0.5) is 0 Å². The van der Waals surface area contributed by atoms with E-state index in [4.69, 9.17) is 14.2 Å². The zero-order chi connectivity index (χ0) is 16.3. The van der Waals surface area contributed by atoms with E-state index in [1.807, 2.05) is 18.2 Å². The van der Waals surface area contributed by atoms with E-state index < -0.39 is 0 Å². The van der Waals surface area contributed by atoms with Crippen molar-refractivity contribution in [3.8, 4) is 5.75 Å². The van der Waals surface area contributed by atoms with E-state index in [1.165, 1.54) is 32.1 Å². The van der Waals surface area contributed by atoms with E-state index >= 15 is 0 Å². The Morgan fingerprint density at radius 1 is 0.957 bits per heavy atom. The molecule has 0 radical (unpaired) electrons. The maximum absolute atomic E-state index is 6.07. The minimum atomic E-state index is -0.000558. The molecule has 1 aromatic carbocycles. The van der Waals surface area contributed by atoms with Crippen molar-refractivity contribution in [1.29, 1.82) is 0 Å². The van der Waals surface area contributed by atoms with Gasteiger partial charge < -0.3 is 14.2 Å². The molecule has 2 atom stereocenters. The van der Waals surface area contributed by atoms with Crippen LogP contribution in [0, 0.1) is 0 Å². The average Bonchev–Trinajstić information content (AvgIpc) is 2.61. The fourth-order valence-corrected chi connectivity index (χ4v) is 2.95. The molecular formula is C20H32O3. The minimum absolute atomic E-state index is 0.000558. The fraction of sp³-hybridized carbons (Fsp3) is 0.700. The zero-order valence-electron chi connectivity index (χ0n) is 14.8. The highest BCUT2D eigenvalue weighted by molar-refractivity contribution is 5.35. The van der Waals surface area contributed by atoms with Gasteiger partial charge in [-0.1, -0.05) is 64.2 Å². The lowest BCUT2D eigenvalue weighted by Gasteiger charge is -2.30. The lowest BCUT2D eigenvalue weighted by molar-refractivity contribution is -0.138. The first-order valence-electron chi connectivity index (χ1n) is 9.30. The molecule has 1 aliphatic rings. The van der Waals surface area contributed by atoms with Crippen LogP contribution in [-0.2, 0) is 9.47 Å². The van der Waals surface area contributed by atoms with Crippen LogP contribution in [0.1, 0.15) is 70.5 Å². The van der Waals surface area contributed by atoms with E-state index in [2.05, 4.69) is 19.9 Å². The summed E-state index contributed by atoms with van der Waals surface area (Å²) in [6.45, 7) is 6.44. The summed E-state index contributed by atoms with van der Waals surface area (Å²) >= 11 is 0. The Morgan fingerprint density at radius 3 is 2.52 bits per heavy atom. The monoisotopic (exact) mass is 320 g/mol. The fourth-order valence-electron chi connectivity index (χ4n) is 2.95. The van der Waals surface area contributed by atoms with Gasteiger partial charge in [0.05, 0.1) is 25.9 Å². The molecule has 23 heavy (non-hydrogen) atoms. The van der Waals surface area contributed by atoms with Gasteiger partial charge in [0.1, 0.15) is 11.9 Å². The van der Waals surface area contributed by atoms with Crippen molar-refractivity contribution in [2.24, 2.45) is 0 Å². The third kappa shape index (κ3) is 6.15. The van der Waals surface area contributed by atoms with Gasteiger partial charge in [-0.3, -0.25) is 0 Å². The van der Waals surface area contributed by atoms with Gasteiger partial charge in [-0.25, -0.2) is 0 Å². The summed E-state index contributed by atoms with van der Waals surface area (Å²) in [4.78, 5) is 0. The first kappa shape index (κ1) is 18.3. The molecule has 1 heterocycles. The second-order valence-corrected chi connectivity index (χ2v) is 6.37. The molecule has 0 bridgehead atoms. The highest BCUT2D eigenvalue weighted by Crippen LogP contribution is 2.31. The number of hydrogen-bond acceptors (Lipinski definition) is 3. The van der Waals surface area contributed by atoms with E-state index in [-0.39, 0.29) is 12.2 Å². The van der Waals surface area contributed by atoms with E-state index in [1.54, 1.807) is 0 Å². The predicted molar refractivity (Wildman–Crippen MR) is 94.0 cm³/mol. The third-order valence-electron chi connectivity index (χ3n) is 4.32. The molecule has 130 valence electrons. The summed E-state index contributed by atoms with van der Waals surface area (Å²) in [6.07, 6.45) is 8.93. The van der Waals surface area contributed by atoms with Gasteiger partial charge in [-0.05, 0) is 18.9 Å². The van der Waals surface area contributed by atoms with Crippen molar-refractivity contribution < 1.29 is 14.2 Å². The van der Waals surface area contributed by atoms with Gasteiger partial charge in [0.25, 0.3) is 0 Å². The Kier molecular flexibility index (Phi) is 8.48. The van der Waals surface area contributed by atoms with Crippen LogP contribution in [0.15, 0.2) is 24.3 Å². The minimum Gasteiger partial charge on any atom is -0.493 e. The van der Waals surface area contributed by atoms with Crippen LogP contribution in [0.5, 0.6) is 5.75 Å². The molecule has 0 amide bonds. The number of para-hydroxylation sites is 1. The Bertz CT molecular complexity index is 425. The summed E-state index contributed by atoms with van der Waals surface area (Å²) in [6, 6.07) is 8.16. The maximum Gasteiger partial charge on any atom is 0.125 e. The summed E-state index contributed by atoms with van der Waals surface area (Å²) in [7, 11) is 0. The van der Waals surface area contributed by atoms with Crippen LogP contribution in [0.3, 0.4) is 0 Å². The predicted octanol–water partition coefficient (Wildman–Crippen LogP) is 5.29. The first-order chi connectivity index (χ1) is 11.3. The normalized spacial score (nSPS) is 21.3. The highest BCUT2D eigenvalue weighted by Gasteiger charge is 2.25. The average molecular weight is 320 g/mol. The lowest BCUT2D eigenvalue weighted by Crippen LogP contribution is -2.31. The molecule has 0 spiro atoms. The van der Waals surface area contributed by atoms with Crippen molar-refractivity contribution in [1.82, 2.24) is 0 Å². The van der Waals surface area contributed by atoms with E-state index in [0.717, 1.165) is 30.8 Å². The second-order valence-electron chi connectivity index (χ2n) is 6.37. The number of unbranched alkanes of at least 4 members (excludes halogenated alkanes) is 4. The van der Waals surface area contributed by atoms with Gasteiger partial charge in [-0.2, -0.15) is 0 Å². The number of ether oxygens (including phenoxy) is 3. The Balaban J connectivity index is 1.76. The van der Waals surface area contributed by atoms with Gasteiger partial charge >= 0.3 is 0 Å². The molecular weight excluding hydrogens is 288 g/mol. The second kappa shape index (κ2) is 10.7. The SMILES string of the molecule is CCCCCCCC1COC(c2ccccc2OCCC)CO1. The van der Waals surface area contributed by atoms with Crippen molar-refractivity contribution in [3.05, 3.63) is 29.8 Å². The molecule has 3 nitrogen and oxygen atoms in total. The quantitative estimate of drug-likeness (QED) is 0.548. The van der Waals surface area contributed by atoms with E-state index in [9.17, 15) is 0 Å². The molecule has 1 fully saturated rings. The smallest absolute Gasteiger partial charge is 0.125 e. The van der Waals surface area contributed by atoms with E-state index in [0.29, 0.717) is 13.2 Å². The van der Waals surface area contributed by atoms with Crippen LogP contribution in [0.25, 0.3) is 0 Å². The summed E-state index contributed by atoms with van der Waals surface area (Å²) < 4.78 is 17.9. The van der Waals surface area contributed by atoms with Crippen LogP contribution in [0.2, 0.25) is 0 Å². The van der Waals surface area contributed by atoms with Gasteiger partial charge in [0.2, 0.25) is 0 Å². The molecule has 2 rings (SSSR count). The molecule has 3 heteroatoms. The number of hydrogen-bond donors (Lipinski definition) is 0. The van der Waals surface area contributed by atoms with Crippen molar-refractivity contribution in [3.63, 3.8) is 0 Å².